The van der Waals surface area contributed by atoms with Crippen LogP contribution in [0.5, 0.6) is 0 Å². The average molecular weight is 311 g/mol. The molecule has 0 aliphatic rings. The summed E-state index contributed by atoms with van der Waals surface area (Å²) in [5.74, 6) is 0.618. The highest BCUT2D eigenvalue weighted by molar-refractivity contribution is 5.44. The maximum Gasteiger partial charge on any atom is 0.315 e. The molecule has 1 atom stereocenters. The van der Waals surface area contributed by atoms with Gasteiger partial charge in [0, 0.05) is 17.8 Å². The minimum absolute atomic E-state index is 0.00340. The highest BCUT2D eigenvalue weighted by Gasteiger charge is 2.22. The number of aromatic nitrogens is 4. The Hall–Kier alpha value is -2.63. The van der Waals surface area contributed by atoms with Gasteiger partial charge in [0.25, 0.3) is 0 Å². The van der Waals surface area contributed by atoms with Gasteiger partial charge in [0.2, 0.25) is 5.89 Å². The largest absolute Gasteiger partial charge is 0.408 e. The molecule has 0 spiro atoms. The highest BCUT2D eigenvalue weighted by Crippen LogP contribution is 2.26. The van der Waals surface area contributed by atoms with Crippen LogP contribution < -0.4 is 5.32 Å². The van der Waals surface area contributed by atoms with Gasteiger partial charge in [-0.05, 0) is 24.6 Å². The van der Waals surface area contributed by atoms with Crippen molar-refractivity contribution in [3.05, 3.63) is 54.2 Å². The monoisotopic (exact) mass is 311 g/mol. The molecule has 2 aromatic heterocycles. The molecule has 6 nitrogen and oxygen atoms in total. The van der Waals surface area contributed by atoms with Gasteiger partial charge in [0.1, 0.15) is 0 Å². The molecule has 1 aromatic carbocycles. The van der Waals surface area contributed by atoms with Crippen LogP contribution in [-0.4, -0.2) is 20.0 Å². The van der Waals surface area contributed by atoms with Crippen LogP contribution in [0.4, 0.5) is 6.01 Å². The fraction of sp³-hybridized carbons (Fsp3) is 0.353. The molecule has 120 valence electrons. The Morgan fingerprint density at radius 2 is 1.91 bits per heavy atom. The molecule has 1 unspecified atom stereocenters. The Bertz CT molecular complexity index is 770. The Labute approximate surface area is 135 Å². The fourth-order valence-corrected chi connectivity index (χ4v) is 2.32. The molecule has 23 heavy (non-hydrogen) atoms. The van der Waals surface area contributed by atoms with Crippen LogP contribution in [0.3, 0.4) is 0 Å². The zero-order valence-electron chi connectivity index (χ0n) is 13.8. The van der Waals surface area contributed by atoms with Gasteiger partial charge in [-0.2, -0.15) is 5.10 Å². The number of anilines is 1. The molecule has 0 radical (unpaired) electrons. The minimum Gasteiger partial charge on any atom is -0.408 e. The molecular formula is C17H21N5O. The molecule has 0 saturated carbocycles. The van der Waals surface area contributed by atoms with Crippen LogP contribution in [0.1, 0.15) is 45.2 Å². The fourth-order valence-electron chi connectivity index (χ4n) is 2.32. The van der Waals surface area contributed by atoms with Crippen molar-refractivity contribution >= 4 is 6.01 Å². The number of para-hydroxylation sites is 1. The predicted octanol–water partition coefficient (Wildman–Crippen LogP) is 3.73. The number of nitrogens with one attached hydrogen (secondary N) is 1. The molecule has 0 aliphatic carbocycles. The molecule has 2 heterocycles. The van der Waals surface area contributed by atoms with Crippen molar-refractivity contribution < 1.29 is 4.42 Å². The molecular weight excluding hydrogens is 290 g/mol. The van der Waals surface area contributed by atoms with Crippen LogP contribution in [0.15, 0.2) is 47.1 Å². The topological polar surface area (TPSA) is 68.8 Å². The van der Waals surface area contributed by atoms with E-state index in [1.54, 1.807) is 6.20 Å². The first-order chi connectivity index (χ1) is 10.9. The number of hydrogen-bond donors (Lipinski definition) is 1. The first kappa shape index (κ1) is 15.3. The maximum absolute atomic E-state index is 5.72. The minimum atomic E-state index is -0.164. The third-order valence-electron chi connectivity index (χ3n) is 3.56. The summed E-state index contributed by atoms with van der Waals surface area (Å²) < 4.78 is 7.56. The Morgan fingerprint density at radius 1 is 1.13 bits per heavy atom. The molecule has 0 bridgehead atoms. The summed E-state index contributed by atoms with van der Waals surface area (Å²) in [5.41, 5.74) is 1.96. The first-order valence-corrected chi connectivity index (χ1v) is 7.64. The van der Waals surface area contributed by atoms with Crippen molar-refractivity contribution in [3.63, 3.8) is 0 Å². The second-order valence-electron chi connectivity index (χ2n) is 6.54. The molecule has 0 aliphatic heterocycles. The second-order valence-corrected chi connectivity index (χ2v) is 6.54. The molecule has 0 saturated heterocycles. The van der Waals surface area contributed by atoms with E-state index in [-0.39, 0.29) is 11.5 Å². The van der Waals surface area contributed by atoms with Gasteiger partial charge in [-0.25, -0.2) is 4.68 Å². The lowest BCUT2D eigenvalue weighted by Gasteiger charge is -2.17. The van der Waals surface area contributed by atoms with Gasteiger partial charge in [-0.15, -0.1) is 5.10 Å². The van der Waals surface area contributed by atoms with Gasteiger partial charge in [-0.1, -0.05) is 44.1 Å². The second kappa shape index (κ2) is 5.87. The van der Waals surface area contributed by atoms with Gasteiger partial charge in [-0.3, -0.25) is 0 Å². The lowest BCUT2D eigenvalue weighted by molar-refractivity contribution is 0.398. The van der Waals surface area contributed by atoms with Crippen molar-refractivity contribution in [2.45, 2.75) is 39.2 Å². The zero-order valence-corrected chi connectivity index (χ0v) is 13.8. The third kappa shape index (κ3) is 3.26. The maximum atomic E-state index is 5.72. The van der Waals surface area contributed by atoms with E-state index >= 15 is 0 Å². The SMILES string of the molecule is CC(Nc1nnc(C(C)(C)C)o1)c1ccccc1-n1cccn1. The van der Waals surface area contributed by atoms with Gasteiger partial charge < -0.3 is 9.73 Å². The average Bonchev–Trinajstić information content (AvgIpc) is 3.18. The summed E-state index contributed by atoms with van der Waals surface area (Å²) in [6.45, 7) is 8.19. The van der Waals surface area contributed by atoms with Crippen molar-refractivity contribution in [2.24, 2.45) is 0 Å². The van der Waals surface area contributed by atoms with E-state index in [2.05, 4.69) is 33.6 Å². The number of benzene rings is 1. The third-order valence-corrected chi connectivity index (χ3v) is 3.56. The summed E-state index contributed by atoms with van der Waals surface area (Å²) in [4.78, 5) is 0. The zero-order chi connectivity index (χ0) is 16.4. The lowest BCUT2D eigenvalue weighted by atomic mass is 9.97. The van der Waals surface area contributed by atoms with Crippen LogP contribution in [-0.2, 0) is 5.41 Å². The lowest BCUT2D eigenvalue weighted by Crippen LogP contribution is -2.12. The van der Waals surface area contributed by atoms with Gasteiger partial charge in [0.15, 0.2) is 0 Å². The first-order valence-electron chi connectivity index (χ1n) is 7.64. The van der Waals surface area contributed by atoms with Crippen LogP contribution in [0, 0.1) is 0 Å². The van der Waals surface area contributed by atoms with Gasteiger partial charge in [0.05, 0.1) is 11.7 Å². The summed E-state index contributed by atoms with van der Waals surface area (Å²) in [5, 5.41) is 15.8. The molecule has 3 aromatic rings. The van der Waals surface area contributed by atoms with E-state index in [4.69, 9.17) is 4.42 Å². The Balaban J connectivity index is 1.84. The summed E-state index contributed by atoms with van der Waals surface area (Å²) in [7, 11) is 0. The number of hydrogen-bond acceptors (Lipinski definition) is 5. The predicted molar refractivity (Wildman–Crippen MR) is 88.6 cm³/mol. The van der Waals surface area contributed by atoms with E-state index in [1.165, 1.54) is 0 Å². The quantitative estimate of drug-likeness (QED) is 0.795. The van der Waals surface area contributed by atoms with E-state index in [0.717, 1.165) is 11.3 Å². The normalized spacial score (nSPS) is 13.0. The van der Waals surface area contributed by atoms with E-state index in [9.17, 15) is 0 Å². The number of rotatable bonds is 4. The molecule has 0 fully saturated rings. The summed E-state index contributed by atoms with van der Waals surface area (Å²) in [6.07, 6.45) is 3.69. The highest BCUT2D eigenvalue weighted by atomic mass is 16.4. The Morgan fingerprint density at radius 3 is 2.57 bits per heavy atom. The standard InChI is InChI=1S/C17H21N5O/c1-12(19-16-21-20-15(23-16)17(2,3)4)13-8-5-6-9-14(13)22-11-7-10-18-22/h5-12H,1-4H3,(H,19,21). The van der Waals surface area contributed by atoms with Crippen LogP contribution in [0.25, 0.3) is 5.69 Å². The van der Waals surface area contributed by atoms with Crippen LogP contribution in [0.2, 0.25) is 0 Å². The van der Waals surface area contributed by atoms with Crippen LogP contribution >= 0.6 is 0 Å². The van der Waals surface area contributed by atoms with Crippen molar-refractivity contribution in [1.29, 1.82) is 0 Å². The molecule has 6 heteroatoms. The molecule has 1 N–H and O–H groups in total. The van der Waals surface area contributed by atoms with Crippen molar-refractivity contribution in [2.75, 3.05) is 5.32 Å². The van der Waals surface area contributed by atoms with E-state index in [1.807, 2.05) is 55.9 Å². The van der Waals surface area contributed by atoms with Crippen molar-refractivity contribution in [1.82, 2.24) is 20.0 Å². The van der Waals surface area contributed by atoms with Gasteiger partial charge >= 0.3 is 6.01 Å². The number of nitrogens with zero attached hydrogens (tertiary/aromatic N) is 4. The van der Waals surface area contributed by atoms with E-state index in [0.29, 0.717) is 11.9 Å². The molecule has 0 amide bonds. The Kier molecular flexibility index (Phi) is 3.90. The smallest absolute Gasteiger partial charge is 0.315 e. The summed E-state index contributed by atoms with van der Waals surface area (Å²) >= 11 is 0. The molecule has 3 rings (SSSR count). The van der Waals surface area contributed by atoms with E-state index < -0.39 is 0 Å². The summed E-state index contributed by atoms with van der Waals surface area (Å²) in [6, 6.07) is 10.4. The van der Waals surface area contributed by atoms with Crippen molar-refractivity contribution in [3.8, 4) is 5.69 Å².